The largest absolute Gasteiger partial charge is 0.469 e. The first-order chi connectivity index (χ1) is 9.49. The number of amides is 1. The topological polar surface area (TPSA) is 55.4 Å². The molecule has 5 heteroatoms. The third kappa shape index (κ3) is 4.53. The molecule has 20 heavy (non-hydrogen) atoms. The molecule has 0 aliphatic rings. The Kier molecular flexibility index (Phi) is 6.52. The lowest BCUT2D eigenvalue weighted by Gasteiger charge is -2.21. The molecular weight excluding hydrogens is 278 g/mol. The highest BCUT2D eigenvalue weighted by Crippen LogP contribution is 2.25. The first-order valence-corrected chi connectivity index (χ1v) is 6.99. The van der Waals surface area contributed by atoms with Crippen molar-refractivity contribution in [2.45, 2.75) is 32.7 Å². The monoisotopic (exact) mass is 297 g/mol. The molecule has 0 aliphatic heterocycles. The molecule has 0 aromatic heterocycles. The van der Waals surface area contributed by atoms with E-state index in [1.807, 2.05) is 19.9 Å². The van der Waals surface area contributed by atoms with Gasteiger partial charge in [-0.15, -0.1) is 0 Å². The van der Waals surface area contributed by atoms with Crippen LogP contribution < -0.4 is 5.32 Å². The molecule has 0 saturated heterocycles. The second-order valence-electron chi connectivity index (χ2n) is 4.67. The molecule has 0 heterocycles. The molecule has 2 unspecified atom stereocenters. The van der Waals surface area contributed by atoms with E-state index in [0.29, 0.717) is 5.02 Å². The van der Waals surface area contributed by atoms with Crippen LogP contribution in [0.1, 0.15) is 38.3 Å². The minimum absolute atomic E-state index is 0.0579. The zero-order chi connectivity index (χ0) is 15.1. The van der Waals surface area contributed by atoms with Crippen molar-refractivity contribution in [2.24, 2.45) is 5.92 Å². The van der Waals surface area contributed by atoms with Gasteiger partial charge >= 0.3 is 5.97 Å². The van der Waals surface area contributed by atoms with Crippen molar-refractivity contribution in [3.05, 3.63) is 34.9 Å². The molecule has 0 radical (unpaired) electrons. The molecule has 1 aromatic carbocycles. The fourth-order valence-corrected chi connectivity index (χ4v) is 2.01. The van der Waals surface area contributed by atoms with E-state index in [1.165, 1.54) is 7.11 Å². The van der Waals surface area contributed by atoms with E-state index in [2.05, 4.69) is 10.1 Å². The highest BCUT2D eigenvalue weighted by molar-refractivity contribution is 6.31. The van der Waals surface area contributed by atoms with Crippen LogP contribution in [0.3, 0.4) is 0 Å². The van der Waals surface area contributed by atoms with E-state index < -0.39 is 6.04 Å². The molecule has 0 aliphatic carbocycles. The zero-order valence-electron chi connectivity index (χ0n) is 12.0. The van der Waals surface area contributed by atoms with Gasteiger partial charge in [0.05, 0.1) is 19.6 Å². The summed E-state index contributed by atoms with van der Waals surface area (Å²) in [5.74, 6) is -0.599. The molecule has 1 N–H and O–H groups in total. The van der Waals surface area contributed by atoms with Gasteiger partial charge < -0.3 is 10.1 Å². The molecule has 0 spiro atoms. The van der Waals surface area contributed by atoms with Gasteiger partial charge in [0.15, 0.2) is 0 Å². The van der Waals surface area contributed by atoms with Gasteiger partial charge in [-0.25, -0.2) is 0 Å². The minimum Gasteiger partial charge on any atom is -0.469 e. The van der Waals surface area contributed by atoms with Crippen molar-refractivity contribution < 1.29 is 14.3 Å². The molecule has 0 saturated carbocycles. The number of rotatable bonds is 6. The lowest BCUT2D eigenvalue weighted by atomic mass is 10.0. The van der Waals surface area contributed by atoms with Crippen LogP contribution in [0.15, 0.2) is 24.3 Å². The van der Waals surface area contributed by atoms with Gasteiger partial charge in [0, 0.05) is 10.9 Å². The lowest BCUT2D eigenvalue weighted by Crippen LogP contribution is -2.34. The third-order valence-corrected chi connectivity index (χ3v) is 3.60. The second-order valence-corrected chi connectivity index (χ2v) is 5.08. The summed E-state index contributed by atoms with van der Waals surface area (Å²) in [6, 6.07) is 6.68. The second kappa shape index (κ2) is 7.90. The van der Waals surface area contributed by atoms with Crippen LogP contribution in [-0.4, -0.2) is 19.0 Å². The van der Waals surface area contributed by atoms with E-state index in [0.717, 1.165) is 12.0 Å². The van der Waals surface area contributed by atoms with Crippen molar-refractivity contribution in [3.63, 3.8) is 0 Å². The Balaban J connectivity index is 2.94. The Morgan fingerprint density at radius 3 is 2.55 bits per heavy atom. The summed E-state index contributed by atoms with van der Waals surface area (Å²) in [5, 5.41) is 3.39. The fourth-order valence-electron chi connectivity index (χ4n) is 1.75. The number of nitrogens with one attached hydrogen (secondary N) is 1. The van der Waals surface area contributed by atoms with Crippen molar-refractivity contribution in [3.8, 4) is 0 Å². The number of carbonyl (C=O) groups excluding carboxylic acids is 2. The summed E-state index contributed by atoms with van der Waals surface area (Å²) in [5.41, 5.74) is 0.719. The first-order valence-electron chi connectivity index (χ1n) is 6.61. The number of hydrogen-bond acceptors (Lipinski definition) is 3. The van der Waals surface area contributed by atoms with Gasteiger partial charge in [-0.3, -0.25) is 9.59 Å². The van der Waals surface area contributed by atoms with Gasteiger partial charge in [0.25, 0.3) is 0 Å². The van der Waals surface area contributed by atoms with Crippen molar-refractivity contribution >= 4 is 23.5 Å². The van der Waals surface area contributed by atoms with Crippen LogP contribution >= 0.6 is 11.6 Å². The maximum Gasteiger partial charge on any atom is 0.307 e. The zero-order valence-corrected chi connectivity index (χ0v) is 12.7. The number of benzene rings is 1. The first kappa shape index (κ1) is 16.5. The summed E-state index contributed by atoms with van der Waals surface area (Å²) in [6.45, 7) is 3.78. The van der Waals surface area contributed by atoms with Crippen LogP contribution in [0, 0.1) is 5.92 Å². The Morgan fingerprint density at radius 2 is 2.00 bits per heavy atom. The number of hydrogen-bond donors (Lipinski definition) is 1. The number of carbonyl (C=O) groups is 2. The average Bonchev–Trinajstić information content (AvgIpc) is 2.45. The highest BCUT2D eigenvalue weighted by atomic mass is 35.5. The molecule has 110 valence electrons. The Labute approximate surface area is 124 Å². The van der Waals surface area contributed by atoms with Gasteiger partial charge in [0.2, 0.25) is 5.91 Å². The number of ether oxygens (including phenoxy) is 1. The molecule has 1 aromatic rings. The van der Waals surface area contributed by atoms with Crippen LogP contribution in [-0.2, 0) is 14.3 Å². The number of halogens is 1. The predicted molar refractivity (Wildman–Crippen MR) is 78.4 cm³/mol. The SMILES string of the molecule is CCC(C)C(=O)NC(CC(=O)OC)c1ccccc1Cl. The maximum absolute atomic E-state index is 12.0. The summed E-state index contributed by atoms with van der Waals surface area (Å²) in [6.07, 6.45) is 0.793. The van der Waals surface area contributed by atoms with Gasteiger partial charge in [-0.2, -0.15) is 0 Å². The number of esters is 1. The Bertz CT molecular complexity index is 476. The van der Waals surface area contributed by atoms with Crippen LogP contribution in [0.2, 0.25) is 5.02 Å². The summed E-state index contributed by atoms with van der Waals surface area (Å²) in [4.78, 5) is 23.5. The van der Waals surface area contributed by atoms with Gasteiger partial charge in [-0.1, -0.05) is 43.6 Å². The molecule has 1 rings (SSSR count). The summed E-state index contributed by atoms with van der Waals surface area (Å²) >= 11 is 6.14. The van der Waals surface area contributed by atoms with E-state index >= 15 is 0 Å². The van der Waals surface area contributed by atoms with E-state index in [4.69, 9.17) is 11.6 Å². The Hall–Kier alpha value is -1.55. The lowest BCUT2D eigenvalue weighted by molar-refractivity contribution is -0.141. The van der Waals surface area contributed by atoms with Gasteiger partial charge in [-0.05, 0) is 18.1 Å². The van der Waals surface area contributed by atoms with E-state index in [1.54, 1.807) is 18.2 Å². The van der Waals surface area contributed by atoms with Crippen molar-refractivity contribution in [1.82, 2.24) is 5.32 Å². The maximum atomic E-state index is 12.0. The average molecular weight is 298 g/mol. The molecule has 0 bridgehead atoms. The van der Waals surface area contributed by atoms with Crippen molar-refractivity contribution in [2.75, 3.05) is 7.11 Å². The highest BCUT2D eigenvalue weighted by Gasteiger charge is 2.22. The standard InChI is InChI=1S/C15H20ClNO3/c1-4-10(2)15(19)17-13(9-14(18)20-3)11-7-5-6-8-12(11)16/h5-8,10,13H,4,9H2,1-3H3,(H,17,19). The molecule has 1 amide bonds. The summed E-state index contributed by atoms with van der Waals surface area (Å²) in [7, 11) is 1.32. The smallest absolute Gasteiger partial charge is 0.307 e. The van der Waals surface area contributed by atoms with Crippen molar-refractivity contribution in [1.29, 1.82) is 0 Å². The number of methoxy groups -OCH3 is 1. The molecule has 4 nitrogen and oxygen atoms in total. The summed E-state index contributed by atoms with van der Waals surface area (Å²) < 4.78 is 4.68. The normalized spacial score (nSPS) is 13.4. The predicted octanol–water partition coefficient (Wildman–Crippen LogP) is 3.11. The fraction of sp³-hybridized carbons (Fsp3) is 0.467. The third-order valence-electron chi connectivity index (χ3n) is 3.26. The van der Waals surface area contributed by atoms with Crippen LogP contribution in [0.4, 0.5) is 0 Å². The van der Waals surface area contributed by atoms with Gasteiger partial charge in [0.1, 0.15) is 0 Å². The van der Waals surface area contributed by atoms with E-state index in [9.17, 15) is 9.59 Å². The Morgan fingerprint density at radius 1 is 1.35 bits per heavy atom. The van der Waals surface area contributed by atoms with Crippen LogP contribution in [0.5, 0.6) is 0 Å². The molecule has 2 atom stereocenters. The molecular formula is C15H20ClNO3. The van der Waals surface area contributed by atoms with E-state index in [-0.39, 0.29) is 24.2 Å². The quantitative estimate of drug-likeness (QED) is 0.821. The van der Waals surface area contributed by atoms with Crippen LogP contribution in [0.25, 0.3) is 0 Å². The minimum atomic E-state index is -0.474. The molecule has 0 fully saturated rings.